The third kappa shape index (κ3) is 4.11. The van der Waals surface area contributed by atoms with Crippen LogP contribution in [0.3, 0.4) is 0 Å². The maximum atomic E-state index is 13.3. The Morgan fingerprint density at radius 3 is 2.33 bits per heavy atom. The molecule has 2 amide bonds. The van der Waals surface area contributed by atoms with Crippen molar-refractivity contribution in [2.24, 2.45) is 0 Å². The van der Waals surface area contributed by atoms with E-state index in [2.05, 4.69) is 16.7 Å². The van der Waals surface area contributed by atoms with E-state index in [1.54, 1.807) is 0 Å². The predicted octanol–water partition coefficient (Wildman–Crippen LogP) is 3.19. The van der Waals surface area contributed by atoms with Gasteiger partial charge in [-0.25, -0.2) is 4.39 Å². The normalized spacial score (nSPS) is 18.5. The minimum Gasteiger partial charge on any atom is -0.391 e. The number of amides is 2. The number of hydrogen-bond donors (Lipinski definition) is 1. The highest BCUT2D eigenvalue weighted by atomic mass is 19.4. The number of fused-ring (bicyclic) bond motifs is 1. The quantitative estimate of drug-likeness (QED) is 0.436. The number of carbonyl (C=O) groups excluding carboxylic acids is 2. The number of aliphatic hydroxyl groups is 1. The molecule has 0 saturated carbocycles. The van der Waals surface area contributed by atoms with Crippen LogP contribution < -0.4 is 0 Å². The zero-order valence-corrected chi connectivity index (χ0v) is 18.9. The second kappa shape index (κ2) is 8.70. The van der Waals surface area contributed by atoms with Crippen LogP contribution in [0.4, 0.5) is 17.6 Å². The lowest BCUT2D eigenvalue weighted by Gasteiger charge is -2.39. The van der Waals surface area contributed by atoms with Gasteiger partial charge in [0, 0.05) is 37.9 Å². The van der Waals surface area contributed by atoms with Crippen LogP contribution in [-0.2, 0) is 11.0 Å². The molecule has 1 aromatic carbocycles. The lowest BCUT2D eigenvalue weighted by molar-refractivity contribution is -0.137. The maximum absolute atomic E-state index is 13.3. The van der Waals surface area contributed by atoms with Crippen molar-refractivity contribution < 1.29 is 32.3 Å². The number of halogens is 4. The van der Waals surface area contributed by atoms with Crippen LogP contribution in [-0.4, -0.2) is 73.8 Å². The topological polar surface area (TPSA) is 91.6 Å². The van der Waals surface area contributed by atoms with Crippen LogP contribution in [0.25, 0.3) is 22.3 Å². The van der Waals surface area contributed by atoms with Crippen molar-refractivity contribution in [1.82, 2.24) is 24.6 Å². The molecule has 2 aliphatic heterocycles. The fourth-order valence-electron chi connectivity index (χ4n) is 4.56. The van der Waals surface area contributed by atoms with Gasteiger partial charge in [0.05, 0.1) is 23.3 Å². The van der Waals surface area contributed by atoms with E-state index < -0.39 is 35.6 Å². The summed E-state index contributed by atoms with van der Waals surface area (Å²) in [5, 5.41) is 14.5. The van der Waals surface area contributed by atoms with Gasteiger partial charge >= 0.3 is 6.18 Å². The number of likely N-dealkylation sites (tertiary alicyclic amines) is 2. The molecular formula is C24H21F4N5O3. The molecule has 1 atom stereocenters. The first-order valence-corrected chi connectivity index (χ1v) is 11.2. The van der Waals surface area contributed by atoms with E-state index in [1.165, 1.54) is 38.9 Å². The van der Waals surface area contributed by atoms with Crippen LogP contribution in [0.1, 0.15) is 28.4 Å². The fourth-order valence-corrected chi connectivity index (χ4v) is 4.56. The Bertz CT molecular complexity index is 1360. The van der Waals surface area contributed by atoms with Crippen LogP contribution in [0, 0.1) is 0 Å². The van der Waals surface area contributed by atoms with Gasteiger partial charge in [-0.3, -0.25) is 19.3 Å². The largest absolute Gasteiger partial charge is 0.416 e. The lowest BCUT2D eigenvalue weighted by atomic mass is 10.1. The van der Waals surface area contributed by atoms with E-state index in [4.69, 9.17) is 0 Å². The molecule has 3 aromatic rings. The summed E-state index contributed by atoms with van der Waals surface area (Å²) in [4.78, 5) is 32.4. The number of aromatic nitrogens is 3. The highest BCUT2D eigenvalue weighted by molar-refractivity contribution is 6.07. The summed E-state index contributed by atoms with van der Waals surface area (Å²) in [6.45, 7) is 3.78. The predicted molar refractivity (Wildman–Crippen MR) is 120 cm³/mol. The minimum absolute atomic E-state index is 0.107. The van der Waals surface area contributed by atoms with Crippen LogP contribution in [0.2, 0.25) is 0 Å². The molecule has 0 spiro atoms. The maximum Gasteiger partial charge on any atom is 0.416 e. The zero-order valence-electron chi connectivity index (χ0n) is 18.9. The third-order valence-electron chi connectivity index (χ3n) is 6.48. The minimum atomic E-state index is -4.50. The van der Waals surface area contributed by atoms with Crippen molar-refractivity contribution in [2.45, 2.75) is 24.7 Å². The van der Waals surface area contributed by atoms with Crippen molar-refractivity contribution in [1.29, 1.82) is 0 Å². The monoisotopic (exact) mass is 503 g/mol. The SMILES string of the molecule is C=C(F)C(=O)N1CC(n2nc(-c3ccc(C(F)(F)F)cc3)c3nccc(C(=O)N4CC[C@@H](O)C4)c32)C1. The summed E-state index contributed by atoms with van der Waals surface area (Å²) < 4.78 is 54.0. The molecule has 0 unspecified atom stereocenters. The Kier molecular flexibility index (Phi) is 5.78. The fraction of sp³-hybridized carbons (Fsp3) is 0.333. The van der Waals surface area contributed by atoms with Crippen molar-refractivity contribution in [3.8, 4) is 11.3 Å². The first kappa shape index (κ1) is 23.9. The number of β-amino-alcohol motifs (C(OH)–C–C–N with tert-alkyl or cyclic N) is 1. The van der Waals surface area contributed by atoms with E-state index in [1.807, 2.05) is 0 Å². The van der Waals surface area contributed by atoms with Crippen LogP contribution in [0.15, 0.2) is 48.9 Å². The van der Waals surface area contributed by atoms with Crippen molar-refractivity contribution in [2.75, 3.05) is 26.2 Å². The molecule has 1 N–H and O–H groups in total. The van der Waals surface area contributed by atoms with E-state index in [0.717, 1.165) is 12.1 Å². The molecular weight excluding hydrogens is 482 g/mol. The Balaban J connectivity index is 1.59. The molecule has 5 rings (SSSR count). The van der Waals surface area contributed by atoms with E-state index >= 15 is 0 Å². The summed E-state index contributed by atoms with van der Waals surface area (Å²) >= 11 is 0. The molecule has 2 saturated heterocycles. The molecule has 2 aliphatic rings. The van der Waals surface area contributed by atoms with Gasteiger partial charge in [-0.2, -0.15) is 18.3 Å². The van der Waals surface area contributed by atoms with Gasteiger partial charge in [-0.15, -0.1) is 0 Å². The first-order valence-electron chi connectivity index (χ1n) is 11.2. The number of benzene rings is 1. The number of rotatable bonds is 4. The van der Waals surface area contributed by atoms with Gasteiger partial charge in [-0.05, 0) is 24.6 Å². The van der Waals surface area contributed by atoms with E-state index in [0.29, 0.717) is 29.6 Å². The van der Waals surface area contributed by atoms with Gasteiger partial charge in [0.15, 0.2) is 5.83 Å². The summed E-state index contributed by atoms with van der Waals surface area (Å²) in [7, 11) is 0. The highest BCUT2D eigenvalue weighted by Gasteiger charge is 2.37. The molecule has 0 bridgehead atoms. The molecule has 36 heavy (non-hydrogen) atoms. The second-order valence-electron chi connectivity index (χ2n) is 8.89. The standard InChI is InChI=1S/C24H21F4N5O3/c1-13(25)22(35)32-10-16(11-32)33-21-18(23(36)31-9-7-17(34)12-31)6-8-29-20(21)19(30-33)14-2-4-15(5-3-14)24(26,27)28/h2-6,8,16-17,34H,1,7,9-12H2/t17-/m1/s1. The average molecular weight is 503 g/mol. The highest BCUT2D eigenvalue weighted by Crippen LogP contribution is 2.36. The molecule has 2 fully saturated rings. The van der Waals surface area contributed by atoms with E-state index in [9.17, 15) is 32.3 Å². The lowest BCUT2D eigenvalue weighted by Crippen LogP contribution is -2.51. The molecule has 188 valence electrons. The van der Waals surface area contributed by atoms with Gasteiger partial charge in [0.2, 0.25) is 0 Å². The smallest absolute Gasteiger partial charge is 0.391 e. The zero-order chi connectivity index (χ0) is 25.8. The molecule has 12 heteroatoms. The Hall–Kier alpha value is -3.80. The van der Waals surface area contributed by atoms with Gasteiger partial charge in [-0.1, -0.05) is 18.7 Å². The average Bonchev–Trinajstić information content (AvgIpc) is 3.41. The number of aliphatic hydroxyl groups excluding tert-OH is 1. The molecule has 8 nitrogen and oxygen atoms in total. The first-order chi connectivity index (χ1) is 17.0. The van der Waals surface area contributed by atoms with Gasteiger partial charge in [0.1, 0.15) is 16.7 Å². The second-order valence-corrected chi connectivity index (χ2v) is 8.89. The molecule has 0 aliphatic carbocycles. The van der Waals surface area contributed by atoms with Crippen LogP contribution in [0.5, 0.6) is 0 Å². The molecule has 0 radical (unpaired) electrons. The number of hydrogen-bond acceptors (Lipinski definition) is 5. The summed E-state index contributed by atoms with van der Waals surface area (Å²) in [5.41, 5.74) is 0.750. The number of nitrogens with zero attached hydrogens (tertiary/aromatic N) is 5. The Morgan fingerprint density at radius 1 is 1.06 bits per heavy atom. The van der Waals surface area contributed by atoms with E-state index in [-0.39, 0.29) is 36.8 Å². The Morgan fingerprint density at radius 2 is 1.75 bits per heavy atom. The summed E-state index contributed by atoms with van der Waals surface area (Å²) in [6.07, 6.45) is -3.26. The summed E-state index contributed by atoms with van der Waals surface area (Å²) in [6, 6.07) is 5.56. The number of alkyl halides is 3. The molecule has 2 aromatic heterocycles. The third-order valence-corrected chi connectivity index (χ3v) is 6.48. The van der Waals surface area contributed by atoms with Crippen molar-refractivity contribution in [3.05, 3.63) is 60.1 Å². The van der Waals surface area contributed by atoms with Crippen molar-refractivity contribution >= 4 is 22.8 Å². The van der Waals surface area contributed by atoms with Crippen LogP contribution >= 0.6 is 0 Å². The van der Waals surface area contributed by atoms with Crippen molar-refractivity contribution in [3.63, 3.8) is 0 Å². The number of carbonyl (C=O) groups is 2. The number of pyridine rings is 1. The van der Waals surface area contributed by atoms with Gasteiger partial charge < -0.3 is 14.9 Å². The Labute approximate surface area is 202 Å². The molecule has 4 heterocycles. The van der Waals surface area contributed by atoms with Gasteiger partial charge in [0.25, 0.3) is 11.8 Å². The summed E-state index contributed by atoms with van der Waals surface area (Å²) in [5.74, 6) is -2.27.